The van der Waals surface area contributed by atoms with Gasteiger partial charge in [0.1, 0.15) is 23.1 Å². The van der Waals surface area contributed by atoms with E-state index in [9.17, 15) is 34.1 Å². The summed E-state index contributed by atoms with van der Waals surface area (Å²) in [6.07, 6.45) is -0.870. The van der Waals surface area contributed by atoms with E-state index in [0.717, 1.165) is 23.7 Å². The van der Waals surface area contributed by atoms with Crippen LogP contribution in [-0.2, 0) is 19.2 Å². The van der Waals surface area contributed by atoms with Gasteiger partial charge in [0.15, 0.2) is 5.78 Å². The summed E-state index contributed by atoms with van der Waals surface area (Å²) < 4.78 is 4.88. The Morgan fingerprint density at radius 2 is 1.23 bits per heavy atom. The first-order valence-electron chi connectivity index (χ1n) is 13.3. The van der Waals surface area contributed by atoms with E-state index in [0.29, 0.717) is 0 Å². The quantitative estimate of drug-likeness (QED) is 0.259. The average molecular weight is 566 g/mol. The Morgan fingerprint density at radius 3 is 1.50 bits per heavy atom. The maximum Gasteiger partial charge on any atom is 0.413 e. The fourth-order valence-electron chi connectivity index (χ4n) is 3.17. The van der Waals surface area contributed by atoms with Gasteiger partial charge < -0.3 is 15.8 Å². The number of nitro benzene ring substituents is 1. The lowest BCUT2D eigenvalue weighted by molar-refractivity contribution is -0.384. The number of hydrogen-bond acceptors (Lipinski definition) is 9. The standard InChI is InChI=1S/C13H14N2O6.C10H22.C6H11NO2/c1-8(16)7-12(9(2)17)14-13(18)21-11-5-3-10(4-6-11)15(19)20;1-7(2)9(5)10(6)8(3)4;1-4(8)3-6(7)5(2)9/h3-6,12H,7H2,1-2H3,(H,14,18);7-10H,1-6H3;6H,3,7H2,1-2H3. The van der Waals surface area contributed by atoms with E-state index in [1.54, 1.807) is 0 Å². The molecule has 1 aromatic carbocycles. The second-order valence-corrected chi connectivity index (χ2v) is 10.7. The van der Waals surface area contributed by atoms with Gasteiger partial charge in [0.25, 0.3) is 5.69 Å². The van der Waals surface area contributed by atoms with Gasteiger partial charge in [-0.05, 0) is 63.5 Å². The Hall–Kier alpha value is -3.47. The zero-order valence-corrected chi connectivity index (χ0v) is 25.5. The van der Waals surface area contributed by atoms with Crippen LogP contribution in [0, 0.1) is 33.8 Å². The molecule has 0 fully saturated rings. The third-order valence-electron chi connectivity index (χ3n) is 6.49. The van der Waals surface area contributed by atoms with Crippen LogP contribution in [-0.4, -0.2) is 46.2 Å². The van der Waals surface area contributed by atoms with Gasteiger partial charge in [0, 0.05) is 25.0 Å². The van der Waals surface area contributed by atoms with Crippen molar-refractivity contribution >= 4 is 34.9 Å². The van der Waals surface area contributed by atoms with Gasteiger partial charge in [0.05, 0.1) is 17.0 Å². The average Bonchev–Trinajstić information content (AvgIpc) is 2.82. The SMILES string of the molecule is CC(=O)CC(N)C(C)=O.CC(=O)CC(NC(=O)Oc1ccc([N+](=O)[O-])cc1)C(C)=O.CC(C)C(C)C(C)C(C)C. The van der Waals surface area contributed by atoms with Crippen molar-refractivity contribution in [1.29, 1.82) is 0 Å². The summed E-state index contributed by atoms with van der Waals surface area (Å²) in [4.78, 5) is 64.5. The fourth-order valence-corrected chi connectivity index (χ4v) is 3.17. The number of ketones is 4. The largest absolute Gasteiger partial charge is 0.413 e. The van der Waals surface area contributed by atoms with E-state index in [-0.39, 0.29) is 47.4 Å². The highest BCUT2D eigenvalue weighted by Gasteiger charge is 2.20. The zero-order chi connectivity index (χ0) is 31.7. The third kappa shape index (κ3) is 17.9. The van der Waals surface area contributed by atoms with Crippen LogP contribution in [0.1, 0.15) is 82.1 Å². The van der Waals surface area contributed by atoms with Crippen molar-refractivity contribution in [2.45, 2.75) is 94.2 Å². The van der Waals surface area contributed by atoms with E-state index in [1.807, 2.05) is 0 Å². The van der Waals surface area contributed by atoms with Crippen molar-refractivity contribution in [2.75, 3.05) is 0 Å². The molecular formula is C29H47N3O8. The summed E-state index contributed by atoms with van der Waals surface area (Å²) in [6.45, 7) is 19.3. The Kier molecular flexibility index (Phi) is 18.9. The molecule has 0 saturated heterocycles. The molecule has 11 heteroatoms. The molecule has 0 saturated carbocycles. The second-order valence-electron chi connectivity index (χ2n) is 10.7. The third-order valence-corrected chi connectivity index (χ3v) is 6.49. The molecule has 0 aliphatic rings. The molecule has 0 bridgehead atoms. The fraction of sp³-hybridized carbons (Fsp3) is 0.621. The number of hydrogen-bond donors (Lipinski definition) is 2. The highest BCUT2D eigenvalue weighted by atomic mass is 16.6. The Morgan fingerprint density at radius 1 is 0.800 bits per heavy atom. The lowest BCUT2D eigenvalue weighted by atomic mass is 9.80. The molecule has 0 aliphatic carbocycles. The monoisotopic (exact) mass is 565 g/mol. The number of nitrogens with zero attached hydrogens (tertiary/aromatic N) is 1. The Balaban J connectivity index is 0. The van der Waals surface area contributed by atoms with Crippen LogP contribution in [0.3, 0.4) is 0 Å². The van der Waals surface area contributed by atoms with E-state index in [2.05, 4.69) is 46.9 Å². The predicted molar refractivity (Wildman–Crippen MR) is 154 cm³/mol. The highest BCUT2D eigenvalue weighted by molar-refractivity contribution is 5.91. The van der Waals surface area contributed by atoms with Gasteiger partial charge in [-0.2, -0.15) is 0 Å². The molecule has 0 radical (unpaired) electrons. The van der Waals surface area contributed by atoms with Crippen molar-refractivity contribution in [3.8, 4) is 5.75 Å². The summed E-state index contributed by atoms with van der Waals surface area (Å²) in [6, 6.07) is 3.33. The Labute approximate surface area is 237 Å². The number of carbonyl (C=O) groups excluding carboxylic acids is 5. The number of amides is 1. The van der Waals surface area contributed by atoms with Gasteiger partial charge in [-0.25, -0.2) is 4.79 Å². The molecule has 0 spiro atoms. The number of ether oxygens (including phenoxy) is 1. The second kappa shape index (κ2) is 19.6. The molecule has 0 aliphatic heterocycles. The van der Waals surface area contributed by atoms with E-state index >= 15 is 0 Å². The van der Waals surface area contributed by atoms with Crippen molar-refractivity contribution in [3.05, 3.63) is 34.4 Å². The van der Waals surface area contributed by atoms with Crippen molar-refractivity contribution < 1.29 is 33.6 Å². The van der Waals surface area contributed by atoms with Gasteiger partial charge in [0.2, 0.25) is 0 Å². The molecule has 0 aromatic heterocycles. The lowest BCUT2D eigenvalue weighted by Gasteiger charge is -2.26. The molecule has 3 N–H and O–H groups in total. The van der Waals surface area contributed by atoms with Gasteiger partial charge in [-0.1, -0.05) is 41.5 Å². The van der Waals surface area contributed by atoms with Gasteiger partial charge in [-0.15, -0.1) is 0 Å². The molecule has 1 rings (SSSR count). The molecule has 4 atom stereocenters. The van der Waals surface area contributed by atoms with Crippen LogP contribution in [0.25, 0.3) is 0 Å². The molecule has 11 nitrogen and oxygen atoms in total. The number of benzene rings is 1. The number of Topliss-reactive ketones (excluding diaryl/α,β-unsaturated/α-hetero) is 4. The van der Waals surface area contributed by atoms with Crippen molar-refractivity contribution in [2.24, 2.45) is 29.4 Å². The number of nitrogens with one attached hydrogen (secondary N) is 1. The highest BCUT2D eigenvalue weighted by Crippen LogP contribution is 2.25. The van der Waals surface area contributed by atoms with E-state index < -0.39 is 23.1 Å². The minimum atomic E-state index is -0.951. The van der Waals surface area contributed by atoms with Crippen LogP contribution >= 0.6 is 0 Å². The number of non-ortho nitro benzene ring substituents is 1. The molecule has 0 heterocycles. The molecule has 1 aromatic rings. The van der Waals surface area contributed by atoms with Gasteiger partial charge in [-0.3, -0.25) is 29.3 Å². The zero-order valence-electron chi connectivity index (χ0n) is 25.5. The molecule has 40 heavy (non-hydrogen) atoms. The van der Waals surface area contributed by atoms with E-state index in [1.165, 1.54) is 52.0 Å². The summed E-state index contributed by atoms with van der Waals surface area (Å²) in [5, 5.41) is 12.7. The normalized spacial score (nSPS) is 13.3. The predicted octanol–water partition coefficient (Wildman–Crippen LogP) is 5.07. The summed E-state index contributed by atoms with van der Waals surface area (Å²) in [7, 11) is 0. The van der Waals surface area contributed by atoms with Crippen LogP contribution < -0.4 is 15.8 Å². The molecule has 4 unspecified atom stereocenters. The first-order chi connectivity index (χ1) is 18.3. The minimum Gasteiger partial charge on any atom is -0.410 e. The molecular weight excluding hydrogens is 518 g/mol. The summed E-state index contributed by atoms with van der Waals surface area (Å²) in [5.41, 5.74) is 5.11. The summed E-state index contributed by atoms with van der Waals surface area (Å²) >= 11 is 0. The van der Waals surface area contributed by atoms with Crippen LogP contribution in [0.2, 0.25) is 0 Å². The molecule has 226 valence electrons. The first-order valence-corrected chi connectivity index (χ1v) is 13.3. The number of nitro groups is 1. The van der Waals surface area contributed by atoms with E-state index in [4.69, 9.17) is 10.5 Å². The molecule has 1 amide bonds. The van der Waals surface area contributed by atoms with Crippen LogP contribution in [0.15, 0.2) is 24.3 Å². The number of nitrogens with two attached hydrogens (primary N) is 1. The van der Waals surface area contributed by atoms with Crippen molar-refractivity contribution in [1.82, 2.24) is 5.32 Å². The smallest absolute Gasteiger partial charge is 0.410 e. The maximum atomic E-state index is 11.6. The number of rotatable bonds is 12. The lowest BCUT2D eigenvalue weighted by Crippen LogP contribution is -2.42. The van der Waals surface area contributed by atoms with Crippen LogP contribution in [0.4, 0.5) is 10.5 Å². The van der Waals surface area contributed by atoms with Crippen molar-refractivity contribution in [3.63, 3.8) is 0 Å². The topological polar surface area (TPSA) is 176 Å². The first kappa shape index (κ1) is 38.7. The number of carbonyl (C=O) groups is 5. The summed E-state index contributed by atoms with van der Waals surface area (Å²) in [5.74, 6) is 2.68. The van der Waals surface area contributed by atoms with Gasteiger partial charge >= 0.3 is 6.09 Å². The minimum absolute atomic E-state index is 0.0438. The Bertz CT molecular complexity index is 977. The maximum absolute atomic E-state index is 11.6. The van der Waals surface area contributed by atoms with Crippen LogP contribution in [0.5, 0.6) is 5.75 Å².